The minimum Gasteiger partial charge on any atom is -0.356 e. The first-order chi connectivity index (χ1) is 8.63. The highest BCUT2D eigenvalue weighted by atomic mass is 19.1. The summed E-state index contributed by atoms with van der Waals surface area (Å²) >= 11 is 0. The van der Waals surface area contributed by atoms with E-state index in [9.17, 15) is 14.0 Å². The van der Waals surface area contributed by atoms with E-state index in [1.165, 1.54) is 6.07 Å². The van der Waals surface area contributed by atoms with Gasteiger partial charge in [0.1, 0.15) is 0 Å². The van der Waals surface area contributed by atoms with Crippen LogP contribution in [0.15, 0.2) is 18.3 Å². The predicted octanol–water partition coefficient (Wildman–Crippen LogP) is 0.867. The number of rotatable bonds is 6. The largest absolute Gasteiger partial charge is 0.356 e. The molecule has 6 heteroatoms. The number of carbonyl (C=O) groups is 2. The Balaban J connectivity index is 2.29. The molecule has 0 saturated heterocycles. The summed E-state index contributed by atoms with van der Waals surface area (Å²) in [5, 5.41) is 5.26. The molecule has 2 N–H and O–H groups in total. The molecule has 0 aromatic carbocycles. The number of hydrogen-bond donors (Lipinski definition) is 2. The van der Waals surface area contributed by atoms with E-state index >= 15 is 0 Å². The number of hydrogen-bond acceptors (Lipinski definition) is 3. The van der Waals surface area contributed by atoms with Crippen LogP contribution in [0.4, 0.5) is 4.39 Å². The van der Waals surface area contributed by atoms with Gasteiger partial charge in [0.15, 0.2) is 0 Å². The average molecular weight is 253 g/mol. The number of nitrogens with one attached hydrogen (secondary N) is 2. The third-order valence-electron chi connectivity index (χ3n) is 2.20. The van der Waals surface area contributed by atoms with E-state index < -0.39 is 5.95 Å². The van der Waals surface area contributed by atoms with Crippen LogP contribution in [0.5, 0.6) is 0 Å². The summed E-state index contributed by atoms with van der Waals surface area (Å²) in [7, 11) is 0. The van der Waals surface area contributed by atoms with Crippen LogP contribution in [-0.2, 0) is 4.79 Å². The molecular weight excluding hydrogens is 237 g/mol. The Kier molecular flexibility index (Phi) is 5.76. The molecule has 1 rings (SSSR count). The Bertz CT molecular complexity index is 406. The highest BCUT2D eigenvalue weighted by Gasteiger charge is 2.06. The molecule has 18 heavy (non-hydrogen) atoms. The van der Waals surface area contributed by atoms with Crippen molar-refractivity contribution in [1.29, 1.82) is 0 Å². The van der Waals surface area contributed by atoms with Gasteiger partial charge in [-0.25, -0.2) is 4.98 Å². The van der Waals surface area contributed by atoms with E-state index in [0.29, 0.717) is 6.54 Å². The Morgan fingerprint density at radius 3 is 2.67 bits per heavy atom. The maximum atomic E-state index is 12.5. The van der Waals surface area contributed by atoms with Gasteiger partial charge in [-0.05, 0) is 18.6 Å². The van der Waals surface area contributed by atoms with Crippen molar-refractivity contribution in [2.75, 3.05) is 13.1 Å². The number of halogens is 1. The molecule has 0 aliphatic carbocycles. The Morgan fingerprint density at radius 2 is 2.06 bits per heavy atom. The number of pyridine rings is 1. The van der Waals surface area contributed by atoms with Gasteiger partial charge in [0, 0.05) is 25.7 Å². The summed E-state index contributed by atoms with van der Waals surface area (Å²) in [6, 6.07) is 2.46. The lowest BCUT2D eigenvalue weighted by atomic mass is 10.2. The molecule has 1 aromatic rings. The molecule has 2 amide bonds. The van der Waals surface area contributed by atoms with Crippen molar-refractivity contribution in [3.8, 4) is 0 Å². The Labute approximate surface area is 105 Å². The van der Waals surface area contributed by atoms with Crippen molar-refractivity contribution >= 4 is 11.8 Å². The monoisotopic (exact) mass is 253 g/mol. The zero-order chi connectivity index (χ0) is 13.4. The molecule has 0 radical (unpaired) electrons. The van der Waals surface area contributed by atoms with Gasteiger partial charge in [-0.3, -0.25) is 9.59 Å². The fourth-order valence-corrected chi connectivity index (χ4v) is 1.25. The molecule has 0 bridgehead atoms. The number of carbonyl (C=O) groups excluding carboxylic acids is 2. The standard InChI is InChI=1S/C12H16FN3O2/c1-2-6-14-11(17)5-7-15-12(18)9-3-4-10(13)16-8-9/h3-4,8H,2,5-7H2,1H3,(H,14,17)(H,15,18). The van der Waals surface area contributed by atoms with Crippen molar-refractivity contribution in [2.24, 2.45) is 0 Å². The minimum absolute atomic E-state index is 0.102. The molecule has 5 nitrogen and oxygen atoms in total. The second kappa shape index (κ2) is 7.37. The summed E-state index contributed by atoms with van der Waals surface area (Å²) in [4.78, 5) is 26.2. The van der Waals surface area contributed by atoms with Gasteiger partial charge in [0.25, 0.3) is 5.91 Å². The maximum absolute atomic E-state index is 12.5. The first-order valence-corrected chi connectivity index (χ1v) is 5.80. The van der Waals surface area contributed by atoms with Gasteiger partial charge in [0.05, 0.1) is 5.56 Å². The maximum Gasteiger partial charge on any atom is 0.252 e. The van der Waals surface area contributed by atoms with Gasteiger partial charge in [-0.1, -0.05) is 6.92 Å². The van der Waals surface area contributed by atoms with Crippen LogP contribution in [0, 0.1) is 5.95 Å². The van der Waals surface area contributed by atoms with Crippen LogP contribution in [-0.4, -0.2) is 29.9 Å². The molecule has 1 heterocycles. The van der Waals surface area contributed by atoms with Crippen LogP contribution in [0.25, 0.3) is 0 Å². The van der Waals surface area contributed by atoms with Crippen molar-refractivity contribution in [1.82, 2.24) is 15.6 Å². The zero-order valence-electron chi connectivity index (χ0n) is 10.2. The molecule has 0 atom stereocenters. The van der Waals surface area contributed by atoms with Gasteiger partial charge >= 0.3 is 0 Å². The van der Waals surface area contributed by atoms with E-state index in [0.717, 1.165) is 18.7 Å². The molecular formula is C12H16FN3O2. The fraction of sp³-hybridized carbons (Fsp3) is 0.417. The van der Waals surface area contributed by atoms with Crippen molar-refractivity contribution in [3.63, 3.8) is 0 Å². The lowest BCUT2D eigenvalue weighted by Crippen LogP contribution is -2.31. The van der Waals surface area contributed by atoms with Crippen molar-refractivity contribution in [3.05, 3.63) is 29.8 Å². The van der Waals surface area contributed by atoms with E-state index in [4.69, 9.17) is 0 Å². The lowest BCUT2D eigenvalue weighted by molar-refractivity contribution is -0.120. The molecule has 0 saturated carbocycles. The quantitative estimate of drug-likeness (QED) is 0.739. The molecule has 98 valence electrons. The third-order valence-corrected chi connectivity index (χ3v) is 2.20. The summed E-state index contributed by atoms with van der Waals surface area (Å²) in [6.45, 7) is 2.84. The van der Waals surface area contributed by atoms with Gasteiger partial charge in [-0.15, -0.1) is 0 Å². The van der Waals surface area contributed by atoms with Crippen LogP contribution in [0.1, 0.15) is 30.1 Å². The SMILES string of the molecule is CCCNC(=O)CCNC(=O)c1ccc(F)nc1. The number of nitrogens with zero attached hydrogens (tertiary/aromatic N) is 1. The van der Waals surface area contributed by atoms with E-state index in [-0.39, 0.29) is 30.3 Å². The Morgan fingerprint density at radius 1 is 1.28 bits per heavy atom. The average Bonchev–Trinajstić information content (AvgIpc) is 2.37. The summed E-state index contributed by atoms with van der Waals surface area (Å²) < 4.78 is 12.5. The molecule has 0 aliphatic heterocycles. The minimum atomic E-state index is -0.634. The van der Waals surface area contributed by atoms with Crippen molar-refractivity contribution in [2.45, 2.75) is 19.8 Å². The predicted molar refractivity (Wildman–Crippen MR) is 64.4 cm³/mol. The van der Waals surface area contributed by atoms with E-state index in [1.807, 2.05) is 6.92 Å². The third kappa shape index (κ3) is 4.90. The van der Waals surface area contributed by atoms with Crippen LogP contribution in [0.2, 0.25) is 0 Å². The van der Waals surface area contributed by atoms with Crippen LogP contribution >= 0.6 is 0 Å². The lowest BCUT2D eigenvalue weighted by Gasteiger charge is -2.05. The molecule has 0 aliphatic rings. The summed E-state index contributed by atoms with van der Waals surface area (Å²) in [6.07, 6.45) is 2.25. The number of amides is 2. The summed E-state index contributed by atoms with van der Waals surface area (Å²) in [5.41, 5.74) is 0.269. The molecule has 0 spiro atoms. The number of aromatic nitrogens is 1. The first-order valence-electron chi connectivity index (χ1n) is 5.80. The second-order valence-electron chi connectivity index (χ2n) is 3.73. The normalized spacial score (nSPS) is 9.89. The highest BCUT2D eigenvalue weighted by molar-refractivity contribution is 5.94. The molecule has 0 fully saturated rings. The van der Waals surface area contributed by atoms with Gasteiger partial charge in [0.2, 0.25) is 11.9 Å². The van der Waals surface area contributed by atoms with E-state index in [2.05, 4.69) is 15.6 Å². The zero-order valence-corrected chi connectivity index (χ0v) is 10.2. The molecule has 0 unspecified atom stereocenters. The fourth-order valence-electron chi connectivity index (χ4n) is 1.25. The van der Waals surface area contributed by atoms with Gasteiger partial charge in [-0.2, -0.15) is 4.39 Å². The second-order valence-corrected chi connectivity index (χ2v) is 3.73. The Hall–Kier alpha value is -1.98. The van der Waals surface area contributed by atoms with Crippen LogP contribution in [0.3, 0.4) is 0 Å². The first kappa shape index (κ1) is 14.1. The van der Waals surface area contributed by atoms with Gasteiger partial charge < -0.3 is 10.6 Å². The smallest absolute Gasteiger partial charge is 0.252 e. The summed E-state index contributed by atoms with van der Waals surface area (Å²) in [5.74, 6) is -1.11. The van der Waals surface area contributed by atoms with Crippen LogP contribution < -0.4 is 10.6 Å². The topological polar surface area (TPSA) is 71.1 Å². The van der Waals surface area contributed by atoms with E-state index in [1.54, 1.807) is 0 Å². The highest BCUT2D eigenvalue weighted by Crippen LogP contribution is 1.98. The van der Waals surface area contributed by atoms with Crippen molar-refractivity contribution < 1.29 is 14.0 Å². The molecule has 1 aromatic heterocycles.